The van der Waals surface area contributed by atoms with Gasteiger partial charge in [-0.1, -0.05) is 0 Å². The van der Waals surface area contributed by atoms with Crippen LogP contribution >= 0.6 is 0 Å². The number of ether oxygens (including phenoxy) is 1. The highest BCUT2D eigenvalue weighted by Crippen LogP contribution is 2.25. The Balaban J connectivity index is 2.00. The third-order valence-electron chi connectivity index (χ3n) is 3.07. The maximum atomic E-state index is 12.1. The molecule has 0 N–H and O–H groups in total. The molecule has 0 aliphatic carbocycles. The van der Waals surface area contributed by atoms with E-state index in [4.69, 9.17) is 4.74 Å². The van der Waals surface area contributed by atoms with Gasteiger partial charge in [0.05, 0.1) is 5.69 Å². The minimum atomic E-state index is -0.448. The molecule has 1 saturated heterocycles. The second-order valence-corrected chi connectivity index (χ2v) is 5.90. The summed E-state index contributed by atoms with van der Waals surface area (Å²) in [5, 5.41) is 0. The molecular formula is C14H21N3O2. The zero-order chi connectivity index (χ0) is 13.9. The predicted octanol–water partition coefficient (Wildman–Crippen LogP) is 2.59. The van der Waals surface area contributed by atoms with Gasteiger partial charge in [-0.15, -0.1) is 0 Å². The largest absolute Gasteiger partial charge is 0.444 e. The molecule has 1 fully saturated rings. The Bertz CT molecular complexity index is 428. The van der Waals surface area contributed by atoms with Gasteiger partial charge in [0.25, 0.3) is 0 Å². The summed E-state index contributed by atoms with van der Waals surface area (Å²) in [7, 11) is 0. The summed E-state index contributed by atoms with van der Waals surface area (Å²) >= 11 is 0. The number of hydrogen-bond donors (Lipinski definition) is 0. The van der Waals surface area contributed by atoms with Gasteiger partial charge in [-0.3, -0.25) is 9.97 Å². The van der Waals surface area contributed by atoms with Crippen LogP contribution in [0.1, 0.15) is 45.2 Å². The van der Waals surface area contributed by atoms with Crippen molar-refractivity contribution in [3.63, 3.8) is 0 Å². The SMILES string of the molecule is CC(C)(C)OC(=O)N1CCC[C@H](c2cnccn2)C1. The van der Waals surface area contributed by atoms with Crippen molar-refractivity contribution in [1.29, 1.82) is 0 Å². The zero-order valence-corrected chi connectivity index (χ0v) is 11.8. The maximum absolute atomic E-state index is 12.1. The average molecular weight is 263 g/mol. The van der Waals surface area contributed by atoms with E-state index in [-0.39, 0.29) is 12.0 Å². The standard InChI is InChI=1S/C14H21N3O2/c1-14(2,3)19-13(18)17-8-4-5-11(10-17)12-9-15-6-7-16-12/h6-7,9,11H,4-5,8,10H2,1-3H3/t11-/m0/s1. The molecule has 2 rings (SSSR count). The van der Waals surface area contributed by atoms with E-state index in [0.717, 1.165) is 25.1 Å². The molecule has 1 aromatic rings. The van der Waals surface area contributed by atoms with Crippen LogP contribution in [0.25, 0.3) is 0 Å². The van der Waals surface area contributed by atoms with Crippen molar-refractivity contribution >= 4 is 6.09 Å². The Morgan fingerprint density at radius 3 is 2.84 bits per heavy atom. The van der Waals surface area contributed by atoms with E-state index in [2.05, 4.69) is 9.97 Å². The molecule has 1 atom stereocenters. The van der Waals surface area contributed by atoms with Gasteiger partial charge in [0, 0.05) is 37.6 Å². The highest BCUT2D eigenvalue weighted by molar-refractivity contribution is 5.68. The van der Waals surface area contributed by atoms with E-state index < -0.39 is 5.60 Å². The molecule has 0 saturated carbocycles. The molecule has 1 aliphatic heterocycles. The Morgan fingerprint density at radius 1 is 1.42 bits per heavy atom. The van der Waals surface area contributed by atoms with Gasteiger partial charge in [-0.2, -0.15) is 0 Å². The Kier molecular flexibility index (Phi) is 4.02. The summed E-state index contributed by atoms with van der Waals surface area (Å²) in [6.07, 6.45) is 6.92. The minimum Gasteiger partial charge on any atom is -0.444 e. The number of amides is 1. The van der Waals surface area contributed by atoms with Crippen LogP contribution < -0.4 is 0 Å². The van der Waals surface area contributed by atoms with Crippen LogP contribution in [0.3, 0.4) is 0 Å². The highest BCUT2D eigenvalue weighted by atomic mass is 16.6. The smallest absolute Gasteiger partial charge is 0.410 e. The number of piperidine rings is 1. The Hall–Kier alpha value is -1.65. The Labute approximate surface area is 114 Å². The summed E-state index contributed by atoms with van der Waals surface area (Å²) in [5.74, 6) is 0.259. The van der Waals surface area contributed by atoms with Gasteiger partial charge in [-0.25, -0.2) is 4.79 Å². The molecule has 2 heterocycles. The second kappa shape index (κ2) is 5.55. The van der Waals surface area contributed by atoms with E-state index in [1.54, 1.807) is 23.5 Å². The average Bonchev–Trinajstić information content (AvgIpc) is 2.38. The van der Waals surface area contributed by atoms with Crippen molar-refractivity contribution in [2.75, 3.05) is 13.1 Å². The third-order valence-corrected chi connectivity index (χ3v) is 3.07. The lowest BCUT2D eigenvalue weighted by Crippen LogP contribution is -2.42. The fourth-order valence-corrected chi connectivity index (χ4v) is 2.23. The lowest BCUT2D eigenvalue weighted by atomic mass is 9.95. The van der Waals surface area contributed by atoms with Crippen molar-refractivity contribution < 1.29 is 9.53 Å². The molecular weight excluding hydrogens is 242 g/mol. The molecule has 1 aromatic heterocycles. The van der Waals surface area contributed by atoms with Gasteiger partial charge in [0.1, 0.15) is 5.60 Å². The molecule has 0 aromatic carbocycles. The van der Waals surface area contributed by atoms with Gasteiger partial charge in [0.15, 0.2) is 0 Å². The number of aromatic nitrogens is 2. The summed E-state index contributed by atoms with van der Waals surface area (Å²) in [6, 6.07) is 0. The molecule has 5 nitrogen and oxygen atoms in total. The van der Waals surface area contributed by atoms with Gasteiger partial charge < -0.3 is 9.64 Å². The molecule has 1 aliphatic rings. The maximum Gasteiger partial charge on any atom is 0.410 e. The number of hydrogen-bond acceptors (Lipinski definition) is 4. The summed E-state index contributed by atoms with van der Waals surface area (Å²) in [6.45, 7) is 7.07. The Morgan fingerprint density at radius 2 is 2.21 bits per heavy atom. The van der Waals surface area contributed by atoms with E-state index in [1.807, 2.05) is 20.8 Å². The van der Waals surface area contributed by atoms with Crippen LogP contribution in [0.2, 0.25) is 0 Å². The van der Waals surface area contributed by atoms with Crippen molar-refractivity contribution in [2.45, 2.75) is 45.1 Å². The van der Waals surface area contributed by atoms with Crippen LogP contribution in [-0.4, -0.2) is 39.7 Å². The van der Waals surface area contributed by atoms with Crippen LogP contribution in [-0.2, 0) is 4.74 Å². The number of carbonyl (C=O) groups excluding carboxylic acids is 1. The van der Waals surface area contributed by atoms with Crippen LogP contribution in [0.15, 0.2) is 18.6 Å². The number of nitrogens with zero attached hydrogens (tertiary/aromatic N) is 3. The first-order valence-corrected chi connectivity index (χ1v) is 6.69. The van der Waals surface area contributed by atoms with Gasteiger partial charge in [-0.05, 0) is 33.6 Å². The fourth-order valence-electron chi connectivity index (χ4n) is 2.23. The molecule has 0 radical (unpaired) electrons. The van der Waals surface area contributed by atoms with E-state index >= 15 is 0 Å². The van der Waals surface area contributed by atoms with Gasteiger partial charge in [0.2, 0.25) is 0 Å². The lowest BCUT2D eigenvalue weighted by molar-refractivity contribution is 0.0197. The number of rotatable bonds is 1. The molecule has 0 spiro atoms. The molecule has 104 valence electrons. The minimum absolute atomic E-state index is 0.235. The fraction of sp³-hybridized carbons (Fsp3) is 0.643. The first-order chi connectivity index (χ1) is 8.96. The van der Waals surface area contributed by atoms with Crippen LogP contribution in [0, 0.1) is 0 Å². The van der Waals surface area contributed by atoms with E-state index in [9.17, 15) is 4.79 Å². The highest BCUT2D eigenvalue weighted by Gasteiger charge is 2.28. The van der Waals surface area contributed by atoms with Crippen molar-refractivity contribution in [2.24, 2.45) is 0 Å². The molecule has 0 unspecified atom stereocenters. The van der Waals surface area contributed by atoms with Crippen LogP contribution in [0.5, 0.6) is 0 Å². The van der Waals surface area contributed by atoms with E-state index in [0.29, 0.717) is 6.54 Å². The summed E-state index contributed by atoms with van der Waals surface area (Å²) < 4.78 is 5.41. The lowest BCUT2D eigenvalue weighted by Gasteiger charge is -2.33. The van der Waals surface area contributed by atoms with Crippen molar-refractivity contribution in [1.82, 2.24) is 14.9 Å². The summed E-state index contributed by atoms with van der Waals surface area (Å²) in [5.41, 5.74) is 0.507. The monoisotopic (exact) mass is 263 g/mol. The van der Waals surface area contributed by atoms with Crippen molar-refractivity contribution in [3.8, 4) is 0 Å². The number of likely N-dealkylation sites (tertiary alicyclic amines) is 1. The van der Waals surface area contributed by atoms with E-state index in [1.165, 1.54) is 0 Å². The van der Waals surface area contributed by atoms with Crippen LogP contribution in [0.4, 0.5) is 4.79 Å². The number of carbonyl (C=O) groups is 1. The zero-order valence-electron chi connectivity index (χ0n) is 11.8. The second-order valence-electron chi connectivity index (χ2n) is 5.90. The topological polar surface area (TPSA) is 55.3 Å². The molecule has 1 amide bonds. The third kappa shape index (κ3) is 3.91. The normalized spacial score (nSPS) is 20.2. The predicted molar refractivity (Wildman–Crippen MR) is 71.8 cm³/mol. The molecule has 19 heavy (non-hydrogen) atoms. The molecule has 0 bridgehead atoms. The first-order valence-electron chi connectivity index (χ1n) is 6.69. The quantitative estimate of drug-likeness (QED) is 0.781. The van der Waals surface area contributed by atoms with Gasteiger partial charge >= 0.3 is 6.09 Å². The first kappa shape index (κ1) is 13.8. The molecule has 5 heteroatoms. The summed E-state index contributed by atoms with van der Waals surface area (Å²) in [4.78, 5) is 22.3. The van der Waals surface area contributed by atoms with Crippen molar-refractivity contribution in [3.05, 3.63) is 24.3 Å².